The molecule has 2 aliphatic rings. The molecule has 4 nitrogen and oxygen atoms in total. The Kier molecular flexibility index (Phi) is 17.0. The summed E-state index contributed by atoms with van der Waals surface area (Å²) in [5, 5.41) is 0. The highest BCUT2D eigenvalue weighted by atomic mass is 79.9. The average Bonchev–Trinajstić information content (AvgIpc) is 3.22. The standard InChI is InChI=1S/C10H18O2.C8H6BrF3.C2H6.2CH2O/c1-2-9-3-5-10(6-4-9)11-7-8-12-10;1-5-2-3-6(9)4-7(5)8(10,11)12;3*1-2/h9H,2-8H2,1H3;2-4H,1H3;1-2H3;2*1H2. The molecule has 0 amide bonds. The lowest BCUT2D eigenvalue weighted by atomic mass is 9.84. The maximum atomic E-state index is 12.2. The van der Waals surface area contributed by atoms with E-state index in [1.807, 2.05) is 27.4 Å². The molecule has 1 saturated heterocycles. The van der Waals surface area contributed by atoms with Crippen molar-refractivity contribution >= 4 is 29.5 Å². The lowest BCUT2D eigenvalue weighted by Gasteiger charge is -2.34. The van der Waals surface area contributed by atoms with Crippen LogP contribution < -0.4 is 0 Å². The van der Waals surface area contributed by atoms with Gasteiger partial charge in [-0.25, -0.2) is 0 Å². The molecule has 1 aliphatic carbocycles. The van der Waals surface area contributed by atoms with Gasteiger partial charge in [0.1, 0.15) is 13.6 Å². The van der Waals surface area contributed by atoms with Gasteiger partial charge in [0.25, 0.3) is 0 Å². The van der Waals surface area contributed by atoms with Gasteiger partial charge < -0.3 is 19.1 Å². The quantitative estimate of drug-likeness (QED) is 0.428. The Balaban J connectivity index is 0. The molecule has 0 N–H and O–H groups in total. The second-order valence-electron chi connectivity index (χ2n) is 6.42. The van der Waals surface area contributed by atoms with Crippen LogP contribution >= 0.6 is 15.9 Å². The predicted molar refractivity (Wildman–Crippen MR) is 116 cm³/mol. The summed E-state index contributed by atoms with van der Waals surface area (Å²) in [7, 11) is 0. The maximum absolute atomic E-state index is 12.2. The van der Waals surface area contributed by atoms with Crippen LogP contribution in [0.25, 0.3) is 0 Å². The van der Waals surface area contributed by atoms with E-state index in [-0.39, 0.29) is 11.4 Å². The number of aryl methyl sites for hydroxylation is 1. The predicted octanol–water partition coefficient (Wildman–Crippen LogP) is 6.76. The molecule has 0 aromatic heterocycles. The molecule has 1 aliphatic heterocycles. The minimum Gasteiger partial charge on any atom is -0.348 e. The Hall–Kier alpha value is -1.25. The molecule has 174 valence electrons. The van der Waals surface area contributed by atoms with Crippen LogP contribution in [0.1, 0.15) is 64.0 Å². The Labute approximate surface area is 186 Å². The Morgan fingerprint density at radius 2 is 1.53 bits per heavy atom. The van der Waals surface area contributed by atoms with E-state index >= 15 is 0 Å². The minimum atomic E-state index is -4.26. The van der Waals surface area contributed by atoms with E-state index in [0.29, 0.717) is 4.47 Å². The normalized spacial score (nSPS) is 17.1. The van der Waals surface area contributed by atoms with Gasteiger partial charge in [0, 0.05) is 17.3 Å². The highest BCUT2D eigenvalue weighted by Crippen LogP contribution is 2.39. The van der Waals surface area contributed by atoms with E-state index in [1.54, 1.807) is 6.07 Å². The van der Waals surface area contributed by atoms with E-state index in [1.165, 1.54) is 32.3 Å². The van der Waals surface area contributed by atoms with Gasteiger partial charge in [0.2, 0.25) is 0 Å². The van der Waals surface area contributed by atoms with Crippen LogP contribution in [-0.4, -0.2) is 32.6 Å². The zero-order valence-electron chi connectivity index (χ0n) is 18.3. The lowest BCUT2D eigenvalue weighted by molar-refractivity contribution is -0.182. The van der Waals surface area contributed by atoms with Gasteiger partial charge >= 0.3 is 6.18 Å². The van der Waals surface area contributed by atoms with Crippen molar-refractivity contribution in [2.75, 3.05) is 13.2 Å². The Morgan fingerprint density at radius 3 is 1.90 bits per heavy atom. The molecule has 0 radical (unpaired) electrons. The van der Waals surface area contributed by atoms with Crippen LogP contribution in [-0.2, 0) is 25.2 Å². The number of hydrogen-bond acceptors (Lipinski definition) is 4. The molecule has 8 heteroatoms. The van der Waals surface area contributed by atoms with E-state index in [2.05, 4.69) is 22.9 Å². The van der Waals surface area contributed by atoms with Crippen molar-refractivity contribution < 1.29 is 32.2 Å². The largest absolute Gasteiger partial charge is 0.416 e. The van der Waals surface area contributed by atoms with Crippen molar-refractivity contribution in [1.82, 2.24) is 0 Å². The topological polar surface area (TPSA) is 52.6 Å². The van der Waals surface area contributed by atoms with Crippen molar-refractivity contribution in [3.05, 3.63) is 33.8 Å². The summed E-state index contributed by atoms with van der Waals surface area (Å²) < 4.78 is 48.4. The molecule has 0 unspecified atom stereocenters. The average molecular weight is 499 g/mol. The number of carbonyl (C=O) groups is 2. The summed E-state index contributed by atoms with van der Waals surface area (Å²) in [6.45, 7) is 13.3. The van der Waals surface area contributed by atoms with Crippen LogP contribution in [0, 0.1) is 12.8 Å². The first kappa shape index (κ1) is 30.9. The van der Waals surface area contributed by atoms with Gasteiger partial charge in [-0.1, -0.05) is 49.2 Å². The molecular formula is C22H34BrF3O4. The molecule has 0 atom stereocenters. The summed E-state index contributed by atoms with van der Waals surface area (Å²) in [5.41, 5.74) is -0.345. The number of alkyl halides is 3. The molecule has 1 saturated carbocycles. The number of benzene rings is 1. The highest BCUT2D eigenvalue weighted by Gasteiger charge is 2.39. The molecule has 1 aromatic rings. The molecule has 1 spiro atoms. The molecule has 1 aromatic carbocycles. The summed E-state index contributed by atoms with van der Waals surface area (Å²) >= 11 is 2.99. The number of carbonyl (C=O) groups excluding carboxylic acids is 2. The monoisotopic (exact) mass is 498 g/mol. The van der Waals surface area contributed by atoms with Crippen LogP contribution in [0.15, 0.2) is 22.7 Å². The minimum absolute atomic E-state index is 0.147. The zero-order chi connectivity index (χ0) is 23.8. The first-order valence-electron chi connectivity index (χ1n) is 9.95. The summed E-state index contributed by atoms with van der Waals surface area (Å²) in [4.78, 5) is 16.0. The van der Waals surface area contributed by atoms with Gasteiger partial charge in [0.15, 0.2) is 5.79 Å². The van der Waals surface area contributed by atoms with Gasteiger partial charge in [-0.3, -0.25) is 0 Å². The van der Waals surface area contributed by atoms with Gasteiger partial charge in [0.05, 0.1) is 18.8 Å². The van der Waals surface area contributed by atoms with E-state index in [9.17, 15) is 13.2 Å². The fourth-order valence-corrected chi connectivity index (χ4v) is 3.57. The van der Waals surface area contributed by atoms with E-state index in [4.69, 9.17) is 19.1 Å². The molecule has 1 heterocycles. The second-order valence-corrected chi connectivity index (χ2v) is 7.33. The zero-order valence-corrected chi connectivity index (χ0v) is 19.9. The number of ether oxygens (including phenoxy) is 2. The molecule has 30 heavy (non-hydrogen) atoms. The summed E-state index contributed by atoms with van der Waals surface area (Å²) in [6, 6.07) is 4.10. The summed E-state index contributed by atoms with van der Waals surface area (Å²) in [6.07, 6.45) is 1.87. The first-order chi connectivity index (χ1) is 14.3. The van der Waals surface area contributed by atoms with E-state index in [0.717, 1.165) is 38.0 Å². The van der Waals surface area contributed by atoms with Crippen molar-refractivity contribution in [1.29, 1.82) is 0 Å². The van der Waals surface area contributed by atoms with Crippen LogP contribution in [0.3, 0.4) is 0 Å². The third kappa shape index (κ3) is 10.7. The smallest absolute Gasteiger partial charge is 0.348 e. The summed E-state index contributed by atoms with van der Waals surface area (Å²) in [5.74, 6) is 0.773. The second kappa shape index (κ2) is 16.4. The molecule has 0 bridgehead atoms. The third-order valence-corrected chi connectivity index (χ3v) is 5.26. The van der Waals surface area contributed by atoms with Crippen molar-refractivity contribution in [3.8, 4) is 0 Å². The van der Waals surface area contributed by atoms with Crippen molar-refractivity contribution in [3.63, 3.8) is 0 Å². The fraction of sp³-hybridized carbons (Fsp3) is 0.636. The highest BCUT2D eigenvalue weighted by molar-refractivity contribution is 9.10. The Morgan fingerprint density at radius 1 is 1.07 bits per heavy atom. The lowest BCUT2D eigenvalue weighted by Crippen LogP contribution is -2.34. The van der Waals surface area contributed by atoms with Crippen LogP contribution in [0.4, 0.5) is 13.2 Å². The molecular weight excluding hydrogens is 465 g/mol. The third-order valence-electron chi connectivity index (χ3n) is 4.76. The number of halogens is 4. The number of hydrogen-bond donors (Lipinski definition) is 0. The SMILES string of the molecule is C=O.C=O.CC.CCC1CCC2(CC1)OCCO2.Cc1ccc(Br)cc1C(F)(F)F. The van der Waals surface area contributed by atoms with E-state index < -0.39 is 11.7 Å². The van der Waals surface area contributed by atoms with Crippen molar-refractivity contribution in [2.24, 2.45) is 5.92 Å². The first-order valence-corrected chi connectivity index (χ1v) is 10.7. The Bertz CT molecular complexity index is 564. The van der Waals surface area contributed by atoms with Crippen LogP contribution in [0.5, 0.6) is 0 Å². The maximum Gasteiger partial charge on any atom is 0.416 e. The number of rotatable bonds is 1. The molecule has 3 rings (SSSR count). The fourth-order valence-electron chi connectivity index (χ4n) is 3.21. The van der Waals surface area contributed by atoms with Gasteiger partial charge in [-0.2, -0.15) is 13.2 Å². The van der Waals surface area contributed by atoms with Crippen molar-refractivity contribution in [2.45, 2.75) is 71.8 Å². The van der Waals surface area contributed by atoms with Crippen LogP contribution in [0.2, 0.25) is 0 Å². The molecule has 2 fully saturated rings. The van der Waals surface area contributed by atoms with Gasteiger partial charge in [-0.05, 0) is 43.4 Å². The van der Waals surface area contributed by atoms with Gasteiger partial charge in [-0.15, -0.1) is 0 Å².